The zero-order chi connectivity index (χ0) is 19.8. The molecule has 0 unspecified atom stereocenters. The van der Waals surface area contributed by atoms with Crippen LogP contribution in [0.3, 0.4) is 0 Å². The molecule has 0 amide bonds. The van der Waals surface area contributed by atoms with Crippen molar-refractivity contribution < 1.29 is 19.6 Å². The highest BCUT2D eigenvalue weighted by Gasteiger charge is 2.16. The number of Topliss-reactive ketones (excluding diaryl/α,β-unsaturated/α-hetero) is 1. The number of benzene rings is 2. The molecular weight excluding hydrogens is 355 g/mol. The Morgan fingerprint density at radius 1 is 1.11 bits per heavy atom. The molecule has 0 saturated carbocycles. The Morgan fingerprint density at radius 2 is 1.93 bits per heavy atom. The van der Waals surface area contributed by atoms with Crippen LogP contribution in [0.2, 0.25) is 0 Å². The van der Waals surface area contributed by atoms with Crippen molar-refractivity contribution in [2.45, 2.75) is 6.61 Å². The highest BCUT2D eigenvalue weighted by Crippen LogP contribution is 2.14. The second kappa shape index (κ2) is 9.59. The van der Waals surface area contributed by atoms with Gasteiger partial charge >= 0.3 is 7.12 Å². The molecule has 28 heavy (non-hydrogen) atoms. The predicted octanol–water partition coefficient (Wildman–Crippen LogP) is 1.64. The van der Waals surface area contributed by atoms with Gasteiger partial charge in [-0.3, -0.25) is 14.8 Å². The number of ketones is 1. The van der Waals surface area contributed by atoms with E-state index in [1.165, 1.54) is 12.4 Å². The molecule has 0 radical (unpaired) electrons. The van der Waals surface area contributed by atoms with Gasteiger partial charge in [0, 0.05) is 24.2 Å². The maximum absolute atomic E-state index is 12.1. The number of pyridine rings is 1. The summed E-state index contributed by atoms with van der Waals surface area (Å²) in [6.07, 6.45) is 4.52. The van der Waals surface area contributed by atoms with Crippen LogP contribution in [0.25, 0.3) is 0 Å². The van der Waals surface area contributed by atoms with Gasteiger partial charge in [0.2, 0.25) is 0 Å². The van der Waals surface area contributed by atoms with Crippen molar-refractivity contribution in [1.29, 1.82) is 0 Å². The van der Waals surface area contributed by atoms with Gasteiger partial charge < -0.3 is 14.8 Å². The van der Waals surface area contributed by atoms with Crippen LogP contribution in [0.1, 0.15) is 21.5 Å². The van der Waals surface area contributed by atoms with Crippen LogP contribution in [-0.4, -0.2) is 40.7 Å². The van der Waals surface area contributed by atoms with Crippen LogP contribution in [-0.2, 0) is 6.61 Å². The Labute approximate surface area is 163 Å². The topological polar surface area (TPSA) is 92.0 Å². The molecular formula is C21H19BN2O4. The van der Waals surface area contributed by atoms with Crippen LogP contribution in [0, 0.1) is 0 Å². The van der Waals surface area contributed by atoms with E-state index in [9.17, 15) is 14.8 Å². The quantitative estimate of drug-likeness (QED) is 0.355. The first-order chi connectivity index (χ1) is 13.6. The number of hydrogen-bond acceptors (Lipinski definition) is 6. The number of hydrogen-bond donors (Lipinski definition) is 2. The van der Waals surface area contributed by atoms with Crippen LogP contribution >= 0.6 is 0 Å². The summed E-state index contributed by atoms with van der Waals surface area (Å²) in [5, 5.41) is 19.1. The molecule has 0 aliphatic rings. The van der Waals surface area contributed by atoms with E-state index < -0.39 is 7.12 Å². The molecule has 0 saturated heterocycles. The minimum atomic E-state index is -1.65. The molecule has 0 atom stereocenters. The summed E-state index contributed by atoms with van der Waals surface area (Å²) in [4.78, 5) is 20.2. The summed E-state index contributed by atoms with van der Waals surface area (Å²) in [5.74, 6) is 0.389. The van der Waals surface area contributed by atoms with Gasteiger partial charge in [-0.25, -0.2) is 0 Å². The Bertz CT molecular complexity index is 947. The van der Waals surface area contributed by atoms with Crippen molar-refractivity contribution in [2.75, 3.05) is 6.54 Å². The smallest absolute Gasteiger partial charge is 0.489 e. The van der Waals surface area contributed by atoms with Gasteiger partial charge in [0.1, 0.15) is 18.9 Å². The number of carbonyl (C=O) groups is 1. The first-order valence-corrected chi connectivity index (χ1v) is 8.73. The minimum Gasteiger partial charge on any atom is -0.489 e. The number of carbonyl (C=O) groups excluding carboxylic acids is 1. The van der Waals surface area contributed by atoms with Gasteiger partial charge in [-0.15, -0.1) is 0 Å². The molecule has 6 nitrogen and oxygen atoms in total. The molecule has 1 aromatic heterocycles. The van der Waals surface area contributed by atoms with Crippen LogP contribution in [0.4, 0.5) is 0 Å². The number of rotatable bonds is 8. The van der Waals surface area contributed by atoms with Gasteiger partial charge in [-0.05, 0) is 40.9 Å². The zero-order valence-corrected chi connectivity index (χ0v) is 15.1. The SMILES string of the molecule is O=C(CN=Cc1cc(OCc2ccccc2)ccc1B(O)O)c1cccnc1. The molecule has 2 aromatic carbocycles. The van der Waals surface area contributed by atoms with E-state index >= 15 is 0 Å². The first kappa shape index (κ1) is 19.5. The summed E-state index contributed by atoms with van der Waals surface area (Å²) in [6, 6.07) is 18.0. The van der Waals surface area contributed by atoms with E-state index in [1.807, 2.05) is 30.3 Å². The van der Waals surface area contributed by atoms with Crippen molar-refractivity contribution in [1.82, 2.24) is 4.98 Å². The van der Waals surface area contributed by atoms with Gasteiger partial charge in [-0.1, -0.05) is 36.4 Å². The summed E-state index contributed by atoms with van der Waals surface area (Å²) in [5.41, 5.74) is 2.25. The second-order valence-corrected chi connectivity index (χ2v) is 6.07. The lowest BCUT2D eigenvalue weighted by molar-refractivity contribution is 0.100. The van der Waals surface area contributed by atoms with Crippen molar-refractivity contribution in [3.63, 3.8) is 0 Å². The van der Waals surface area contributed by atoms with Crippen molar-refractivity contribution in [3.8, 4) is 5.75 Å². The standard InChI is InChI=1S/C21H19BN2O4/c25-21(17-7-4-10-23-12-17)14-24-13-18-11-19(8-9-20(18)22(26)27)28-15-16-5-2-1-3-6-16/h1-13,26-27H,14-15H2. The maximum atomic E-state index is 12.1. The van der Waals surface area contributed by atoms with Crippen LogP contribution in [0.5, 0.6) is 5.75 Å². The zero-order valence-electron chi connectivity index (χ0n) is 15.1. The number of ether oxygens (including phenoxy) is 1. The second-order valence-electron chi connectivity index (χ2n) is 6.07. The third-order valence-corrected chi connectivity index (χ3v) is 4.03. The van der Waals surface area contributed by atoms with Gasteiger partial charge in [0.05, 0.1) is 0 Å². The van der Waals surface area contributed by atoms with Crippen molar-refractivity contribution in [3.05, 3.63) is 89.7 Å². The largest absolute Gasteiger partial charge is 0.489 e. The van der Waals surface area contributed by atoms with Gasteiger partial charge in [0.25, 0.3) is 0 Å². The molecule has 7 heteroatoms. The molecule has 0 bridgehead atoms. The Balaban J connectivity index is 1.71. The number of nitrogens with zero attached hydrogens (tertiary/aromatic N) is 2. The first-order valence-electron chi connectivity index (χ1n) is 8.73. The fourth-order valence-corrected chi connectivity index (χ4v) is 2.58. The molecule has 140 valence electrons. The lowest BCUT2D eigenvalue weighted by atomic mass is 9.77. The van der Waals surface area contributed by atoms with E-state index in [0.717, 1.165) is 5.56 Å². The average molecular weight is 374 g/mol. The summed E-state index contributed by atoms with van der Waals surface area (Å²) in [7, 11) is -1.65. The van der Waals surface area contributed by atoms with E-state index in [0.29, 0.717) is 23.5 Å². The highest BCUT2D eigenvalue weighted by molar-refractivity contribution is 6.60. The minimum absolute atomic E-state index is 0.0677. The number of aliphatic imine (C=N–C) groups is 1. The molecule has 0 aliphatic heterocycles. The lowest BCUT2D eigenvalue weighted by Gasteiger charge is -2.10. The Hall–Kier alpha value is -3.29. The predicted molar refractivity (Wildman–Crippen MR) is 108 cm³/mol. The van der Waals surface area contributed by atoms with E-state index in [1.54, 1.807) is 36.5 Å². The summed E-state index contributed by atoms with van der Waals surface area (Å²) < 4.78 is 5.76. The average Bonchev–Trinajstić information content (AvgIpc) is 2.73. The van der Waals surface area contributed by atoms with Crippen molar-refractivity contribution in [2.24, 2.45) is 4.99 Å². The maximum Gasteiger partial charge on any atom is 0.489 e. The third-order valence-electron chi connectivity index (χ3n) is 4.03. The monoisotopic (exact) mass is 374 g/mol. The Morgan fingerprint density at radius 3 is 2.64 bits per heavy atom. The van der Waals surface area contributed by atoms with E-state index in [2.05, 4.69) is 9.98 Å². The van der Waals surface area contributed by atoms with Gasteiger partial charge in [0.15, 0.2) is 5.78 Å². The molecule has 0 spiro atoms. The molecule has 1 heterocycles. The molecule has 0 aliphatic carbocycles. The van der Waals surface area contributed by atoms with E-state index in [4.69, 9.17) is 4.74 Å². The molecule has 3 aromatic rings. The molecule has 2 N–H and O–H groups in total. The fourth-order valence-electron chi connectivity index (χ4n) is 2.58. The lowest BCUT2D eigenvalue weighted by Crippen LogP contribution is -2.33. The summed E-state index contributed by atoms with van der Waals surface area (Å²) in [6.45, 7) is 0.319. The fraction of sp³-hybridized carbons (Fsp3) is 0.0952. The summed E-state index contributed by atoms with van der Waals surface area (Å²) >= 11 is 0. The van der Waals surface area contributed by atoms with Gasteiger partial charge in [-0.2, -0.15) is 0 Å². The van der Waals surface area contributed by atoms with Crippen LogP contribution < -0.4 is 10.2 Å². The van der Waals surface area contributed by atoms with Crippen molar-refractivity contribution >= 4 is 24.6 Å². The number of aromatic nitrogens is 1. The third kappa shape index (κ3) is 5.36. The van der Waals surface area contributed by atoms with E-state index in [-0.39, 0.29) is 17.8 Å². The molecule has 0 fully saturated rings. The highest BCUT2D eigenvalue weighted by atomic mass is 16.5. The molecule has 3 rings (SSSR count). The normalized spacial score (nSPS) is 10.8. The Kier molecular flexibility index (Phi) is 6.67. The van der Waals surface area contributed by atoms with Crippen LogP contribution in [0.15, 0.2) is 78.0 Å².